The van der Waals surface area contributed by atoms with Gasteiger partial charge in [0.25, 0.3) is 0 Å². The van der Waals surface area contributed by atoms with Gasteiger partial charge in [-0.15, -0.1) is 0 Å². The number of benzene rings is 1. The lowest BCUT2D eigenvalue weighted by atomic mass is 10.2. The van der Waals surface area contributed by atoms with Crippen LogP contribution in [-0.2, 0) is 14.8 Å². The average Bonchev–Trinajstić information content (AvgIpc) is 2.35. The summed E-state index contributed by atoms with van der Waals surface area (Å²) in [5.74, 6) is -2.62. The highest BCUT2D eigenvalue weighted by Gasteiger charge is 2.23. The van der Waals surface area contributed by atoms with Crippen LogP contribution in [0.25, 0.3) is 0 Å². The molecule has 1 aromatic carbocycles. The largest absolute Gasteiger partial charge is 0.479 e. The standard InChI is InChI=1S/C10H9FN2O5S/c11-7-2-1-3-9(6(7)4-12)19(17,18)13-5-8(14)10(15)16/h1-3,8,13-14H,5H2,(H,15,16). The zero-order chi connectivity index (χ0) is 14.6. The lowest BCUT2D eigenvalue weighted by Gasteiger charge is -2.10. The molecule has 0 saturated carbocycles. The number of nitrogens with one attached hydrogen (secondary N) is 1. The summed E-state index contributed by atoms with van der Waals surface area (Å²) in [7, 11) is -4.29. The monoisotopic (exact) mass is 288 g/mol. The highest BCUT2D eigenvalue weighted by molar-refractivity contribution is 7.89. The second kappa shape index (κ2) is 5.75. The molecule has 0 heterocycles. The summed E-state index contributed by atoms with van der Waals surface area (Å²) in [5, 5.41) is 26.1. The number of carboxylic acids is 1. The Kier molecular flexibility index (Phi) is 4.55. The lowest BCUT2D eigenvalue weighted by Crippen LogP contribution is -2.36. The molecule has 7 nitrogen and oxygen atoms in total. The van der Waals surface area contributed by atoms with Crippen molar-refractivity contribution in [2.24, 2.45) is 0 Å². The average molecular weight is 288 g/mol. The summed E-state index contributed by atoms with van der Waals surface area (Å²) in [6, 6.07) is 4.42. The zero-order valence-corrected chi connectivity index (χ0v) is 10.2. The molecule has 0 fully saturated rings. The first-order valence-electron chi connectivity index (χ1n) is 4.88. The maximum Gasteiger partial charge on any atom is 0.333 e. The minimum atomic E-state index is -4.29. The smallest absolute Gasteiger partial charge is 0.333 e. The number of nitriles is 1. The summed E-state index contributed by atoms with van der Waals surface area (Å²) in [5.41, 5.74) is -0.681. The first kappa shape index (κ1) is 15.0. The Hall–Kier alpha value is -2.02. The minimum absolute atomic E-state index is 0.618. The van der Waals surface area contributed by atoms with Gasteiger partial charge in [0.05, 0.1) is 0 Å². The molecule has 0 aliphatic carbocycles. The topological polar surface area (TPSA) is 127 Å². The van der Waals surface area contributed by atoms with Crippen LogP contribution in [0.15, 0.2) is 23.1 Å². The molecule has 3 N–H and O–H groups in total. The number of aliphatic carboxylic acids is 1. The van der Waals surface area contributed by atoms with Crippen LogP contribution >= 0.6 is 0 Å². The van der Waals surface area contributed by atoms with E-state index in [0.717, 1.165) is 18.2 Å². The highest BCUT2D eigenvalue weighted by atomic mass is 32.2. The number of carbonyl (C=O) groups is 1. The van der Waals surface area contributed by atoms with E-state index < -0.39 is 44.9 Å². The fourth-order valence-electron chi connectivity index (χ4n) is 1.19. The second-order valence-corrected chi connectivity index (χ2v) is 5.17. The summed E-state index contributed by atoms with van der Waals surface area (Å²) < 4.78 is 38.5. The van der Waals surface area contributed by atoms with Crippen molar-refractivity contribution in [3.8, 4) is 6.07 Å². The third kappa shape index (κ3) is 3.47. The van der Waals surface area contributed by atoms with Crippen molar-refractivity contribution >= 4 is 16.0 Å². The van der Waals surface area contributed by atoms with Gasteiger partial charge in [0, 0.05) is 6.54 Å². The van der Waals surface area contributed by atoms with Gasteiger partial charge in [0.2, 0.25) is 10.0 Å². The number of hydrogen-bond acceptors (Lipinski definition) is 5. The van der Waals surface area contributed by atoms with Crippen molar-refractivity contribution in [3.63, 3.8) is 0 Å². The quantitative estimate of drug-likeness (QED) is 0.665. The Morgan fingerprint density at radius 2 is 2.16 bits per heavy atom. The van der Waals surface area contributed by atoms with E-state index in [2.05, 4.69) is 0 Å². The molecule has 1 unspecified atom stereocenters. The van der Waals surface area contributed by atoms with E-state index in [-0.39, 0.29) is 0 Å². The molecule has 0 amide bonds. The number of hydrogen-bond donors (Lipinski definition) is 3. The van der Waals surface area contributed by atoms with E-state index in [9.17, 15) is 17.6 Å². The zero-order valence-electron chi connectivity index (χ0n) is 9.37. The molecular formula is C10H9FN2O5S. The van der Waals surface area contributed by atoms with Crippen molar-refractivity contribution in [2.75, 3.05) is 6.54 Å². The predicted octanol–water partition coefficient (Wildman–Crippen LogP) is -0.579. The van der Waals surface area contributed by atoms with Crippen molar-refractivity contribution in [1.82, 2.24) is 4.72 Å². The molecule has 102 valence electrons. The second-order valence-electron chi connectivity index (χ2n) is 3.43. The SMILES string of the molecule is N#Cc1c(F)cccc1S(=O)(=O)NCC(O)C(=O)O. The first-order chi connectivity index (χ1) is 8.79. The number of rotatable bonds is 5. The molecule has 0 saturated heterocycles. The van der Waals surface area contributed by atoms with Crippen LogP contribution in [0.3, 0.4) is 0 Å². The van der Waals surface area contributed by atoms with Gasteiger partial charge < -0.3 is 10.2 Å². The molecule has 19 heavy (non-hydrogen) atoms. The third-order valence-electron chi connectivity index (χ3n) is 2.13. The van der Waals surface area contributed by atoms with Crippen LogP contribution in [0.2, 0.25) is 0 Å². The Balaban J connectivity index is 3.06. The molecule has 0 radical (unpaired) electrons. The fourth-order valence-corrected chi connectivity index (χ4v) is 2.39. The van der Waals surface area contributed by atoms with Crippen LogP contribution in [-0.4, -0.2) is 37.2 Å². The van der Waals surface area contributed by atoms with Crippen LogP contribution in [0, 0.1) is 17.1 Å². The van der Waals surface area contributed by atoms with Crippen LogP contribution in [0.1, 0.15) is 5.56 Å². The van der Waals surface area contributed by atoms with E-state index in [1.165, 1.54) is 6.07 Å². The molecule has 1 aromatic rings. The molecular weight excluding hydrogens is 279 g/mol. The van der Waals surface area contributed by atoms with Gasteiger partial charge >= 0.3 is 5.97 Å². The molecule has 1 atom stereocenters. The first-order valence-corrected chi connectivity index (χ1v) is 6.37. The minimum Gasteiger partial charge on any atom is -0.479 e. The molecule has 0 bridgehead atoms. The highest BCUT2D eigenvalue weighted by Crippen LogP contribution is 2.17. The normalized spacial score (nSPS) is 12.7. The number of aliphatic hydroxyl groups is 1. The van der Waals surface area contributed by atoms with Gasteiger partial charge in [-0.3, -0.25) is 0 Å². The maximum absolute atomic E-state index is 13.2. The van der Waals surface area contributed by atoms with Gasteiger partial charge in [-0.05, 0) is 12.1 Å². The van der Waals surface area contributed by atoms with Gasteiger partial charge in [0.15, 0.2) is 6.10 Å². The summed E-state index contributed by atoms with van der Waals surface area (Å²) in [6.07, 6.45) is -1.94. The summed E-state index contributed by atoms with van der Waals surface area (Å²) >= 11 is 0. The maximum atomic E-state index is 13.2. The summed E-state index contributed by atoms with van der Waals surface area (Å²) in [4.78, 5) is 9.71. The van der Waals surface area contributed by atoms with Crippen molar-refractivity contribution in [3.05, 3.63) is 29.6 Å². The van der Waals surface area contributed by atoms with E-state index in [1.54, 1.807) is 4.72 Å². The molecule has 9 heteroatoms. The number of aliphatic hydroxyl groups excluding tert-OH is 1. The van der Waals surface area contributed by atoms with Gasteiger partial charge in [-0.25, -0.2) is 22.3 Å². The van der Waals surface area contributed by atoms with Crippen LogP contribution in [0.5, 0.6) is 0 Å². The molecule has 0 aliphatic rings. The van der Waals surface area contributed by atoms with Crippen molar-refractivity contribution < 1.29 is 27.8 Å². The molecule has 0 spiro atoms. The van der Waals surface area contributed by atoms with E-state index >= 15 is 0 Å². The number of halogens is 1. The van der Waals surface area contributed by atoms with E-state index in [4.69, 9.17) is 15.5 Å². The van der Waals surface area contributed by atoms with Crippen LogP contribution in [0.4, 0.5) is 4.39 Å². The lowest BCUT2D eigenvalue weighted by molar-refractivity contribution is -0.146. The molecule has 0 aromatic heterocycles. The number of nitrogens with zero attached hydrogens (tertiary/aromatic N) is 1. The van der Waals surface area contributed by atoms with Crippen LogP contribution < -0.4 is 4.72 Å². The van der Waals surface area contributed by atoms with E-state index in [1.807, 2.05) is 0 Å². The number of sulfonamides is 1. The van der Waals surface area contributed by atoms with Gasteiger partial charge in [0.1, 0.15) is 22.3 Å². The Bertz CT molecular complexity index is 638. The van der Waals surface area contributed by atoms with E-state index in [0.29, 0.717) is 0 Å². The van der Waals surface area contributed by atoms with Crippen molar-refractivity contribution in [2.45, 2.75) is 11.0 Å². The Morgan fingerprint density at radius 3 is 2.68 bits per heavy atom. The Labute approximate surface area is 108 Å². The van der Waals surface area contributed by atoms with Crippen molar-refractivity contribution in [1.29, 1.82) is 5.26 Å². The molecule has 0 aliphatic heterocycles. The third-order valence-corrected chi connectivity index (χ3v) is 3.59. The molecule has 1 rings (SSSR count). The summed E-state index contributed by atoms with van der Waals surface area (Å²) in [6.45, 7) is -0.793. The Morgan fingerprint density at radius 1 is 1.53 bits per heavy atom. The predicted molar refractivity (Wildman–Crippen MR) is 59.9 cm³/mol. The van der Waals surface area contributed by atoms with Gasteiger partial charge in [-0.1, -0.05) is 6.07 Å². The fraction of sp³-hybridized carbons (Fsp3) is 0.200. The van der Waals surface area contributed by atoms with Gasteiger partial charge in [-0.2, -0.15) is 5.26 Å². The number of carboxylic acid groups (broad SMARTS) is 1.